The smallest absolute Gasteiger partial charge is 0.167 e. The lowest BCUT2D eigenvalue weighted by molar-refractivity contribution is 0.438. The Morgan fingerprint density at radius 3 is 2.33 bits per heavy atom. The van der Waals surface area contributed by atoms with Crippen LogP contribution in [0.25, 0.3) is 0 Å². The van der Waals surface area contributed by atoms with Crippen LogP contribution in [-0.2, 0) is 5.88 Å². The topological polar surface area (TPSA) is 9.23 Å². The first kappa shape index (κ1) is 13.5. The van der Waals surface area contributed by atoms with E-state index in [1.165, 1.54) is 6.07 Å². The standard InChI is InChI=1S/C13H8Cl3FO/c14-7-8-2-1-3-12(17)13(8)18-11-5-9(15)4-10(16)6-11/h1-6H,7H2. The Kier molecular flexibility index (Phi) is 4.33. The molecular formula is C13H8Cl3FO. The van der Waals surface area contributed by atoms with Gasteiger partial charge in [0.2, 0.25) is 0 Å². The molecule has 0 N–H and O–H groups in total. The van der Waals surface area contributed by atoms with Crippen molar-refractivity contribution in [3.05, 3.63) is 57.8 Å². The summed E-state index contributed by atoms with van der Waals surface area (Å²) in [5.41, 5.74) is 0.563. The SMILES string of the molecule is Fc1cccc(CCl)c1Oc1cc(Cl)cc(Cl)c1. The maximum absolute atomic E-state index is 13.7. The molecule has 0 amide bonds. The largest absolute Gasteiger partial charge is 0.454 e. The molecule has 94 valence electrons. The molecule has 0 bridgehead atoms. The van der Waals surface area contributed by atoms with Gasteiger partial charge in [0.1, 0.15) is 5.75 Å². The lowest BCUT2D eigenvalue weighted by Crippen LogP contribution is -1.93. The lowest BCUT2D eigenvalue weighted by atomic mass is 10.2. The fraction of sp³-hybridized carbons (Fsp3) is 0.0769. The summed E-state index contributed by atoms with van der Waals surface area (Å²) in [6.07, 6.45) is 0. The summed E-state index contributed by atoms with van der Waals surface area (Å²) in [6.45, 7) is 0. The fourth-order valence-corrected chi connectivity index (χ4v) is 2.19. The molecule has 2 rings (SSSR count). The van der Waals surface area contributed by atoms with E-state index in [4.69, 9.17) is 39.5 Å². The molecule has 18 heavy (non-hydrogen) atoms. The minimum absolute atomic E-state index is 0.0887. The number of halogens is 4. The molecule has 0 radical (unpaired) electrons. The van der Waals surface area contributed by atoms with E-state index in [-0.39, 0.29) is 11.6 Å². The van der Waals surface area contributed by atoms with Crippen molar-refractivity contribution in [3.8, 4) is 11.5 Å². The quantitative estimate of drug-likeness (QED) is 0.664. The average molecular weight is 306 g/mol. The predicted molar refractivity (Wildman–Crippen MR) is 72.5 cm³/mol. The van der Waals surface area contributed by atoms with E-state index >= 15 is 0 Å². The highest BCUT2D eigenvalue weighted by molar-refractivity contribution is 6.34. The van der Waals surface area contributed by atoms with E-state index < -0.39 is 5.82 Å². The second-order valence-corrected chi connectivity index (χ2v) is 4.71. The summed E-state index contributed by atoms with van der Waals surface area (Å²) in [5, 5.41) is 0.836. The number of ether oxygens (including phenoxy) is 1. The van der Waals surface area contributed by atoms with E-state index in [9.17, 15) is 4.39 Å². The predicted octanol–water partition coefficient (Wildman–Crippen LogP) is 5.66. The van der Waals surface area contributed by atoms with Gasteiger partial charge in [-0.25, -0.2) is 4.39 Å². The zero-order chi connectivity index (χ0) is 13.1. The summed E-state index contributed by atoms with van der Waals surface area (Å²) in [6, 6.07) is 9.25. The molecule has 0 aromatic heterocycles. The van der Waals surface area contributed by atoms with Crippen molar-refractivity contribution in [3.63, 3.8) is 0 Å². The van der Waals surface area contributed by atoms with E-state index in [1.807, 2.05) is 0 Å². The van der Waals surface area contributed by atoms with Gasteiger partial charge in [-0.15, -0.1) is 11.6 Å². The van der Waals surface area contributed by atoms with Gasteiger partial charge in [0.25, 0.3) is 0 Å². The van der Waals surface area contributed by atoms with Crippen LogP contribution in [0.3, 0.4) is 0 Å². The third-order valence-electron chi connectivity index (χ3n) is 2.25. The summed E-state index contributed by atoms with van der Waals surface area (Å²) in [7, 11) is 0. The second-order valence-electron chi connectivity index (χ2n) is 3.57. The Labute approximate surface area is 119 Å². The number of hydrogen-bond acceptors (Lipinski definition) is 1. The van der Waals surface area contributed by atoms with Crippen LogP contribution in [0, 0.1) is 5.82 Å². The van der Waals surface area contributed by atoms with Crippen LogP contribution in [0.15, 0.2) is 36.4 Å². The average Bonchev–Trinajstić information content (AvgIpc) is 2.30. The van der Waals surface area contributed by atoms with Crippen molar-refractivity contribution in [2.45, 2.75) is 5.88 Å². The minimum atomic E-state index is -0.482. The van der Waals surface area contributed by atoms with Crippen LogP contribution in [-0.4, -0.2) is 0 Å². The highest BCUT2D eigenvalue weighted by Crippen LogP contribution is 2.32. The van der Waals surface area contributed by atoms with Gasteiger partial charge in [0.15, 0.2) is 11.6 Å². The molecule has 0 fully saturated rings. The van der Waals surface area contributed by atoms with Gasteiger partial charge in [0.05, 0.1) is 5.88 Å². The van der Waals surface area contributed by atoms with Gasteiger partial charge in [-0.2, -0.15) is 0 Å². The van der Waals surface area contributed by atoms with E-state index in [2.05, 4.69) is 0 Å². The second kappa shape index (κ2) is 5.79. The molecule has 0 spiro atoms. The van der Waals surface area contributed by atoms with Crippen molar-refractivity contribution in [2.24, 2.45) is 0 Å². The first-order valence-electron chi connectivity index (χ1n) is 5.07. The van der Waals surface area contributed by atoms with Gasteiger partial charge in [-0.05, 0) is 24.3 Å². The van der Waals surface area contributed by atoms with Crippen LogP contribution in [0.4, 0.5) is 4.39 Å². The van der Waals surface area contributed by atoms with Crippen molar-refractivity contribution in [2.75, 3.05) is 0 Å². The van der Waals surface area contributed by atoms with Crippen LogP contribution in [0.1, 0.15) is 5.56 Å². The molecule has 0 heterocycles. The van der Waals surface area contributed by atoms with Crippen LogP contribution < -0.4 is 4.74 Å². The Morgan fingerprint density at radius 2 is 1.72 bits per heavy atom. The number of rotatable bonds is 3. The maximum Gasteiger partial charge on any atom is 0.167 e. The third kappa shape index (κ3) is 3.08. The Hall–Kier alpha value is -0.960. The summed E-state index contributed by atoms with van der Waals surface area (Å²) in [4.78, 5) is 0. The van der Waals surface area contributed by atoms with Gasteiger partial charge in [0, 0.05) is 15.6 Å². The molecule has 0 aliphatic carbocycles. The normalized spacial score (nSPS) is 10.4. The molecule has 2 aromatic carbocycles. The number of hydrogen-bond donors (Lipinski definition) is 0. The van der Waals surface area contributed by atoms with Gasteiger partial charge >= 0.3 is 0 Å². The zero-order valence-electron chi connectivity index (χ0n) is 9.09. The van der Waals surface area contributed by atoms with Gasteiger partial charge in [-0.3, -0.25) is 0 Å². The maximum atomic E-state index is 13.7. The molecule has 0 aliphatic rings. The van der Waals surface area contributed by atoms with Crippen molar-refractivity contribution < 1.29 is 9.13 Å². The Morgan fingerprint density at radius 1 is 1.06 bits per heavy atom. The molecule has 0 saturated carbocycles. The van der Waals surface area contributed by atoms with Crippen LogP contribution in [0.5, 0.6) is 11.5 Å². The van der Waals surface area contributed by atoms with E-state index in [1.54, 1.807) is 30.3 Å². The van der Waals surface area contributed by atoms with Gasteiger partial charge < -0.3 is 4.74 Å². The third-order valence-corrected chi connectivity index (χ3v) is 2.97. The Balaban J connectivity index is 2.39. The highest BCUT2D eigenvalue weighted by Gasteiger charge is 2.11. The van der Waals surface area contributed by atoms with E-state index in [0.29, 0.717) is 21.4 Å². The molecular weight excluding hydrogens is 297 g/mol. The molecule has 0 aliphatic heterocycles. The lowest BCUT2D eigenvalue weighted by Gasteiger charge is -2.11. The highest BCUT2D eigenvalue weighted by atomic mass is 35.5. The fourth-order valence-electron chi connectivity index (χ4n) is 1.48. The number of para-hydroxylation sites is 1. The zero-order valence-corrected chi connectivity index (χ0v) is 11.4. The Bertz CT molecular complexity index is 552. The number of benzene rings is 2. The monoisotopic (exact) mass is 304 g/mol. The summed E-state index contributed by atoms with van der Waals surface area (Å²) < 4.78 is 19.1. The summed E-state index contributed by atoms with van der Waals surface area (Å²) >= 11 is 17.4. The molecule has 1 nitrogen and oxygen atoms in total. The first-order valence-corrected chi connectivity index (χ1v) is 6.36. The molecule has 0 atom stereocenters. The van der Waals surface area contributed by atoms with Crippen molar-refractivity contribution in [1.29, 1.82) is 0 Å². The van der Waals surface area contributed by atoms with Crippen molar-refractivity contribution in [1.82, 2.24) is 0 Å². The molecule has 0 unspecified atom stereocenters. The number of alkyl halides is 1. The van der Waals surface area contributed by atoms with Crippen LogP contribution >= 0.6 is 34.8 Å². The first-order chi connectivity index (χ1) is 8.60. The minimum Gasteiger partial charge on any atom is -0.454 e. The van der Waals surface area contributed by atoms with Gasteiger partial charge in [-0.1, -0.05) is 35.3 Å². The van der Waals surface area contributed by atoms with E-state index in [0.717, 1.165) is 0 Å². The van der Waals surface area contributed by atoms with Crippen LogP contribution in [0.2, 0.25) is 10.0 Å². The summed E-state index contributed by atoms with van der Waals surface area (Å²) in [5.74, 6) is 0.125. The molecule has 5 heteroatoms. The molecule has 2 aromatic rings. The van der Waals surface area contributed by atoms with Crippen molar-refractivity contribution >= 4 is 34.8 Å². The molecule has 0 saturated heterocycles.